The molecular weight excluding hydrogens is 1330 g/mol. The lowest BCUT2D eigenvalue weighted by Crippen LogP contribution is -2.57. The van der Waals surface area contributed by atoms with Gasteiger partial charge >= 0.3 is 0 Å². The summed E-state index contributed by atoms with van der Waals surface area (Å²) >= 11 is 0. The number of aryl methyl sites for hydroxylation is 10. The highest BCUT2D eigenvalue weighted by molar-refractivity contribution is 7.79. The van der Waals surface area contributed by atoms with Crippen molar-refractivity contribution in [1.82, 2.24) is 0 Å². The van der Waals surface area contributed by atoms with Crippen molar-refractivity contribution < 1.29 is 0 Å². The maximum atomic E-state index is 2.55. The van der Waals surface area contributed by atoms with Crippen LogP contribution in [0.25, 0.3) is 11.1 Å². The van der Waals surface area contributed by atoms with E-state index in [-0.39, 0.29) is 10.8 Å². The lowest BCUT2D eigenvalue weighted by molar-refractivity contribution is -0.176. The van der Waals surface area contributed by atoms with Gasteiger partial charge in [-0.05, 0) is 234 Å². The van der Waals surface area contributed by atoms with E-state index in [9.17, 15) is 0 Å². The summed E-state index contributed by atoms with van der Waals surface area (Å²) in [6.07, 6.45) is 17.4. The topological polar surface area (TPSA) is 0 Å². The normalized spacial score (nSPS) is 20.9. The molecule has 0 spiro atoms. The van der Waals surface area contributed by atoms with Crippen LogP contribution < -0.4 is 15.9 Å². The smallest absolute Gasteiger partial charge is 0.0651 e. The molecule has 0 radical (unpaired) electrons. The van der Waals surface area contributed by atoms with E-state index >= 15 is 0 Å². The fourth-order valence-electron chi connectivity index (χ4n) is 19.9. The van der Waals surface area contributed by atoms with Crippen LogP contribution in [0.2, 0.25) is 0 Å². The van der Waals surface area contributed by atoms with Crippen molar-refractivity contribution in [3.8, 4) is 11.1 Å². The summed E-state index contributed by atoms with van der Waals surface area (Å²) in [5.41, 5.74) is 27.5. The standard InChI is InChI=1S/C29H28.C27H25P.C23H24.C14H24.C9H18.C6H14/c1-21-5-13-25(14-6-21)29(26-15-7-22(2)8-16-26,27-17-9-23(3)10-18-27)28-19-11-24(4)12-20-28;1-20-4-10-23(11-5-20)24-12-18-27(19-13-24)28(25-14-6-21(2)7-15-25)26-16-8-22(3)9-17-26;1-17-5-11-20(12-6-17)23(4,21-13-7-18(2)8-14-21)22-15-9-19(3)10-16-22;1-11-5-12(2)8-13(3,6-11)10-14(4,7-11)9-12;1-4-9(3)7-5-6-8(9)2;1-4-6(3)5-2/h5-20H,1-4H3;4-19H,1-3H3;5-16H,1-4H3;5-10H2,1-4H3;8H,4-7H2,1-3H3;6H,4-5H2,1-3H3/t;;;;8-,9+;/m....0./s1. The molecule has 0 aromatic heterocycles. The highest BCUT2D eigenvalue weighted by atomic mass is 31.1. The van der Waals surface area contributed by atoms with Gasteiger partial charge in [0.25, 0.3) is 0 Å². The van der Waals surface area contributed by atoms with Crippen molar-refractivity contribution >= 4 is 23.8 Å². The molecule has 0 saturated heterocycles. The van der Waals surface area contributed by atoms with Gasteiger partial charge in [-0.3, -0.25) is 0 Å². The van der Waals surface area contributed by atoms with Crippen LogP contribution in [0.1, 0.15) is 248 Å². The van der Waals surface area contributed by atoms with E-state index in [1.54, 1.807) is 0 Å². The average Bonchev–Trinajstić information content (AvgIpc) is 1.05. The first-order chi connectivity index (χ1) is 51.8. The average molecular weight is 1460 g/mol. The molecule has 11 aromatic carbocycles. The quantitative estimate of drug-likeness (QED) is 0.0752. The van der Waals surface area contributed by atoms with E-state index < -0.39 is 7.92 Å². The van der Waals surface area contributed by atoms with Gasteiger partial charge in [-0.1, -0.05) is 424 Å². The minimum Gasteiger partial charge on any atom is -0.0651 e. The summed E-state index contributed by atoms with van der Waals surface area (Å²) in [5, 5.41) is 4.18. The highest BCUT2D eigenvalue weighted by Gasteiger charge is 2.62. The Morgan fingerprint density at radius 2 is 0.514 bits per heavy atom. The Balaban J connectivity index is 0.000000148. The van der Waals surface area contributed by atoms with E-state index in [1.807, 2.05) is 0 Å². The fourth-order valence-corrected chi connectivity index (χ4v) is 22.1. The van der Waals surface area contributed by atoms with Crippen molar-refractivity contribution in [2.75, 3.05) is 0 Å². The summed E-state index contributed by atoms with van der Waals surface area (Å²) < 4.78 is 0. The van der Waals surface area contributed by atoms with Crippen molar-refractivity contribution in [1.29, 1.82) is 0 Å². The maximum Gasteiger partial charge on any atom is 0.0701 e. The van der Waals surface area contributed by atoms with Crippen molar-refractivity contribution in [2.45, 2.75) is 233 Å². The zero-order valence-corrected chi connectivity index (χ0v) is 71.9. The molecule has 5 fully saturated rings. The van der Waals surface area contributed by atoms with E-state index in [0.717, 1.165) is 11.8 Å². The summed E-state index contributed by atoms with van der Waals surface area (Å²) in [6, 6.07) is 98.8. The molecule has 5 aliphatic rings. The first kappa shape index (κ1) is 83.3. The zero-order chi connectivity index (χ0) is 78.5. The maximum absolute atomic E-state index is 2.55. The molecule has 0 unspecified atom stereocenters. The number of rotatable bonds is 14. The minimum atomic E-state index is -0.557. The molecule has 0 aliphatic heterocycles. The number of hydrogen-bond donors (Lipinski definition) is 0. The largest absolute Gasteiger partial charge is 0.0701 e. The summed E-state index contributed by atoms with van der Waals surface area (Å²) in [5.74, 6) is 1.91. The van der Waals surface area contributed by atoms with Crippen LogP contribution in [0.4, 0.5) is 0 Å². The van der Waals surface area contributed by atoms with Crippen LogP contribution >= 0.6 is 7.92 Å². The van der Waals surface area contributed by atoms with Gasteiger partial charge in [0.05, 0.1) is 5.41 Å². The Kier molecular flexibility index (Phi) is 27.4. The van der Waals surface area contributed by atoms with E-state index in [1.165, 1.54) is 199 Å². The molecule has 5 aliphatic carbocycles. The Labute approximate surface area is 664 Å². The van der Waals surface area contributed by atoms with Gasteiger partial charge in [0.1, 0.15) is 0 Å². The highest BCUT2D eigenvalue weighted by Crippen LogP contribution is 2.73. The van der Waals surface area contributed by atoms with Crippen LogP contribution in [0.3, 0.4) is 0 Å². The second-order valence-corrected chi connectivity index (χ2v) is 38.6. The zero-order valence-electron chi connectivity index (χ0n) is 71.0. The molecule has 0 nitrogen and oxygen atoms in total. The molecule has 0 N–H and O–H groups in total. The number of hydrogen-bond acceptors (Lipinski definition) is 0. The Morgan fingerprint density at radius 3 is 0.706 bits per heavy atom. The van der Waals surface area contributed by atoms with Gasteiger partial charge in [0.2, 0.25) is 0 Å². The molecule has 11 aromatic rings. The molecule has 570 valence electrons. The van der Waals surface area contributed by atoms with E-state index in [0.29, 0.717) is 27.1 Å². The number of benzene rings is 11. The molecule has 1 heteroatoms. The molecule has 4 bridgehead atoms. The molecule has 0 amide bonds. The van der Waals surface area contributed by atoms with Gasteiger partial charge in [-0.25, -0.2) is 0 Å². The fraction of sp³-hybridized carbons (Fsp3) is 0.389. The predicted molar refractivity (Wildman–Crippen MR) is 479 cm³/mol. The molecular formula is C108H133P. The monoisotopic (exact) mass is 1460 g/mol. The minimum absolute atomic E-state index is 0.144. The van der Waals surface area contributed by atoms with Gasteiger partial charge in [-0.2, -0.15) is 0 Å². The summed E-state index contributed by atoms with van der Waals surface area (Å²) in [7, 11) is -0.557. The van der Waals surface area contributed by atoms with Crippen molar-refractivity contribution in [3.63, 3.8) is 0 Å². The Morgan fingerprint density at radius 1 is 0.312 bits per heavy atom. The third-order valence-electron chi connectivity index (χ3n) is 25.8. The Hall–Kier alpha value is -8.15. The van der Waals surface area contributed by atoms with Crippen LogP contribution in [-0.4, -0.2) is 0 Å². The van der Waals surface area contributed by atoms with E-state index in [4.69, 9.17) is 0 Å². The molecule has 16 rings (SSSR count). The van der Waals surface area contributed by atoms with Crippen molar-refractivity contribution in [3.05, 3.63) is 361 Å². The second kappa shape index (κ2) is 35.9. The third-order valence-corrected chi connectivity index (χ3v) is 28.3. The molecule has 2 atom stereocenters. The SMILES string of the molecule is CC12CC3(C)CC(C)(C1)CC(C)(C2)C3.CCC(C)CC.CC[C@]1(C)CCC[C@@H]1C.Cc1ccc(-c2ccc(P(c3ccc(C)cc3)c3ccc(C)cc3)cc2)cc1.Cc1ccc(C(C)(c2ccc(C)cc2)c2ccc(C)cc2)cc1.Cc1ccc(C(c2ccc(C)cc2)(c2ccc(C)cc2)c2ccc(C)cc2)cc1. The van der Waals surface area contributed by atoms with Crippen LogP contribution in [0, 0.1) is 108 Å². The molecule has 5 saturated carbocycles. The predicted octanol–water partition coefficient (Wildman–Crippen LogP) is 29.4. The molecule has 109 heavy (non-hydrogen) atoms. The van der Waals surface area contributed by atoms with Gasteiger partial charge in [0.15, 0.2) is 0 Å². The lowest BCUT2D eigenvalue weighted by Gasteiger charge is -2.68. The van der Waals surface area contributed by atoms with E-state index in [2.05, 4.69) is 412 Å². The van der Waals surface area contributed by atoms with Gasteiger partial charge in [-0.15, -0.1) is 0 Å². The Bertz CT molecular complexity index is 4170. The van der Waals surface area contributed by atoms with Crippen LogP contribution in [0.5, 0.6) is 0 Å². The second-order valence-electron chi connectivity index (χ2n) is 36.4. The third kappa shape index (κ3) is 20.5. The van der Waals surface area contributed by atoms with Crippen molar-refractivity contribution in [2.24, 2.45) is 38.9 Å². The van der Waals surface area contributed by atoms with Crippen LogP contribution in [0.15, 0.2) is 267 Å². The first-order valence-corrected chi connectivity index (χ1v) is 42.8. The molecule has 0 heterocycles. The van der Waals surface area contributed by atoms with Gasteiger partial charge < -0.3 is 0 Å². The first-order valence-electron chi connectivity index (χ1n) is 41.4. The van der Waals surface area contributed by atoms with Gasteiger partial charge in [0, 0.05) is 5.41 Å². The van der Waals surface area contributed by atoms with Crippen LogP contribution in [-0.2, 0) is 10.8 Å². The summed E-state index contributed by atoms with van der Waals surface area (Å²) in [4.78, 5) is 0. The summed E-state index contributed by atoms with van der Waals surface area (Å²) in [6.45, 7) is 47.9. The lowest BCUT2D eigenvalue weighted by atomic mass is 9.37.